The van der Waals surface area contributed by atoms with Crippen molar-refractivity contribution in [3.8, 4) is 0 Å². The summed E-state index contributed by atoms with van der Waals surface area (Å²) in [6.07, 6.45) is 3.72. The second-order valence-corrected chi connectivity index (χ2v) is 5.08. The quantitative estimate of drug-likeness (QED) is 0.894. The highest BCUT2D eigenvalue weighted by Gasteiger charge is 2.28. The van der Waals surface area contributed by atoms with Crippen molar-refractivity contribution in [2.45, 2.75) is 37.7 Å². The Morgan fingerprint density at radius 1 is 1.16 bits per heavy atom. The number of piperidine rings is 1. The van der Waals surface area contributed by atoms with E-state index in [4.69, 9.17) is 0 Å². The average Bonchev–Trinajstić information content (AvgIpc) is 2.34. The fourth-order valence-corrected chi connectivity index (χ4v) is 2.46. The zero-order valence-corrected chi connectivity index (χ0v) is 11.6. The van der Waals surface area contributed by atoms with Gasteiger partial charge in [0.2, 0.25) is 0 Å². The number of benzene rings is 1. The first-order valence-corrected chi connectivity index (χ1v) is 6.46. The second kappa shape index (κ2) is 7.17. The van der Waals surface area contributed by atoms with Gasteiger partial charge in [-0.3, -0.25) is 0 Å². The first-order chi connectivity index (χ1) is 8.59. The van der Waals surface area contributed by atoms with Crippen molar-refractivity contribution in [1.29, 1.82) is 0 Å². The zero-order chi connectivity index (χ0) is 13.0. The van der Waals surface area contributed by atoms with Crippen LogP contribution in [-0.2, 0) is 6.42 Å². The van der Waals surface area contributed by atoms with E-state index in [0.29, 0.717) is 12.8 Å². The molecule has 0 bridgehead atoms. The summed E-state index contributed by atoms with van der Waals surface area (Å²) < 4.78 is 25.8. The van der Waals surface area contributed by atoms with Crippen LogP contribution in [0.1, 0.15) is 31.2 Å². The molecule has 0 saturated carbocycles. The van der Waals surface area contributed by atoms with Gasteiger partial charge in [-0.1, -0.05) is 6.07 Å². The molecule has 1 heterocycles. The Bertz CT molecular complexity index is 408. The largest absolute Gasteiger partial charge is 0.390 e. The van der Waals surface area contributed by atoms with E-state index in [0.717, 1.165) is 44.0 Å². The average molecular weight is 292 g/mol. The fourth-order valence-electron chi connectivity index (χ4n) is 2.46. The molecule has 5 heteroatoms. The lowest BCUT2D eigenvalue weighted by atomic mass is 9.87. The van der Waals surface area contributed by atoms with Crippen molar-refractivity contribution in [1.82, 2.24) is 5.32 Å². The Balaban J connectivity index is 0.00000180. The molecule has 0 spiro atoms. The van der Waals surface area contributed by atoms with Crippen LogP contribution in [0, 0.1) is 11.6 Å². The summed E-state index contributed by atoms with van der Waals surface area (Å²) in [6, 6.07) is 4.00. The van der Waals surface area contributed by atoms with Crippen LogP contribution in [0.2, 0.25) is 0 Å². The molecule has 108 valence electrons. The molecule has 1 aromatic rings. The summed E-state index contributed by atoms with van der Waals surface area (Å²) in [5.41, 5.74) is 0.204. The second-order valence-electron chi connectivity index (χ2n) is 5.08. The lowest BCUT2D eigenvalue weighted by molar-refractivity contribution is 0.000918. The SMILES string of the molecule is Cl.OC1(CCCc2ccc(F)c(F)c2)CCNCC1. The van der Waals surface area contributed by atoms with Gasteiger partial charge in [0.1, 0.15) is 0 Å². The van der Waals surface area contributed by atoms with Crippen LogP contribution in [-0.4, -0.2) is 23.8 Å². The molecular weight excluding hydrogens is 272 g/mol. The maximum Gasteiger partial charge on any atom is 0.159 e. The van der Waals surface area contributed by atoms with Gasteiger partial charge in [-0.2, -0.15) is 0 Å². The van der Waals surface area contributed by atoms with E-state index in [2.05, 4.69) is 5.32 Å². The van der Waals surface area contributed by atoms with Crippen molar-refractivity contribution in [3.63, 3.8) is 0 Å². The van der Waals surface area contributed by atoms with Crippen LogP contribution in [0.3, 0.4) is 0 Å². The van der Waals surface area contributed by atoms with Gasteiger partial charge in [0.15, 0.2) is 11.6 Å². The molecule has 2 nitrogen and oxygen atoms in total. The van der Waals surface area contributed by atoms with E-state index >= 15 is 0 Å². The van der Waals surface area contributed by atoms with Gasteiger partial charge in [-0.25, -0.2) is 8.78 Å². The minimum absolute atomic E-state index is 0. The zero-order valence-electron chi connectivity index (χ0n) is 10.8. The predicted octanol–water partition coefficient (Wildman–Crippen LogP) is 2.82. The number of hydrogen-bond acceptors (Lipinski definition) is 2. The molecule has 19 heavy (non-hydrogen) atoms. The summed E-state index contributed by atoms with van der Waals surface area (Å²) in [5, 5.41) is 13.5. The molecule has 1 saturated heterocycles. The molecule has 0 radical (unpaired) electrons. The van der Waals surface area contributed by atoms with Crippen LogP contribution in [0.15, 0.2) is 18.2 Å². The van der Waals surface area contributed by atoms with Crippen LogP contribution >= 0.6 is 12.4 Å². The number of rotatable bonds is 4. The fraction of sp³-hybridized carbons (Fsp3) is 0.571. The number of hydrogen-bond donors (Lipinski definition) is 2. The smallest absolute Gasteiger partial charge is 0.159 e. The number of aliphatic hydroxyl groups is 1. The Labute approximate surface area is 118 Å². The molecular formula is C14H20ClF2NO. The maximum atomic E-state index is 13.0. The molecule has 1 aliphatic heterocycles. The monoisotopic (exact) mass is 291 g/mol. The van der Waals surface area contributed by atoms with Crippen LogP contribution < -0.4 is 5.32 Å². The van der Waals surface area contributed by atoms with Gasteiger partial charge in [0.25, 0.3) is 0 Å². The first kappa shape index (κ1) is 16.3. The van der Waals surface area contributed by atoms with Gasteiger partial charge in [-0.05, 0) is 62.9 Å². The summed E-state index contributed by atoms with van der Waals surface area (Å²) in [7, 11) is 0. The normalized spacial score (nSPS) is 17.8. The summed E-state index contributed by atoms with van der Waals surface area (Å²) in [5.74, 6) is -1.61. The van der Waals surface area contributed by atoms with Gasteiger partial charge in [-0.15, -0.1) is 12.4 Å². The number of halogens is 3. The molecule has 0 amide bonds. The lowest BCUT2D eigenvalue weighted by Crippen LogP contribution is -2.41. The maximum absolute atomic E-state index is 13.0. The van der Waals surface area contributed by atoms with E-state index in [1.807, 2.05) is 0 Å². The van der Waals surface area contributed by atoms with Crippen molar-refractivity contribution in [3.05, 3.63) is 35.4 Å². The highest BCUT2D eigenvalue weighted by atomic mass is 35.5. The molecule has 0 unspecified atom stereocenters. The van der Waals surface area contributed by atoms with E-state index in [1.165, 1.54) is 6.07 Å². The molecule has 2 N–H and O–H groups in total. The third kappa shape index (κ3) is 4.71. The number of aryl methyl sites for hydroxylation is 1. The third-order valence-corrected chi connectivity index (χ3v) is 3.63. The van der Waals surface area contributed by atoms with Crippen LogP contribution in [0.4, 0.5) is 8.78 Å². The highest BCUT2D eigenvalue weighted by molar-refractivity contribution is 5.85. The van der Waals surface area contributed by atoms with Gasteiger partial charge >= 0.3 is 0 Å². The van der Waals surface area contributed by atoms with Crippen LogP contribution in [0.25, 0.3) is 0 Å². The van der Waals surface area contributed by atoms with Crippen molar-refractivity contribution in [2.24, 2.45) is 0 Å². The highest BCUT2D eigenvalue weighted by Crippen LogP contribution is 2.24. The summed E-state index contributed by atoms with van der Waals surface area (Å²) >= 11 is 0. The first-order valence-electron chi connectivity index (χ1n) is 6.46. The standard InChI is InChI=1S/C14H19F2NO.ClH/c15-12-4-3-11(10-13(12)16)2-1-5-14(18)6-8-17-9-7-14;/h3-4,10,17-18H,1-2,5-9H2;1H. The topological polar surface area (TPSA) is 32.3 Å². The lowest BCUT2D eigenvalue weighted by Gasteiger charge is -2.32. The van der Waals surface area contributed by atoms with Crippen molar-refractivity contribution in [2.75, 3.05) is 13.1 Å². The molecule has 1 fully saturated rings. The van der Waals surface area contributed by atoms with E-state index in [-0.39, 0.29) is 12.4 Å². The Kier molecular flexibility index (Phi) is 6.17. The minimum atomic E-state index is -0.810. The molecule has 1 aromatic carbocycles. The van der Waals surface area contributed by atoms with E-state index < -0.39 is 17.2 Å². The van der Waals surface area contributed by atoms with E-state index in [1.54, 1.807) is 6.07 Å². The van der Waals surface area contributed by atoms with Crippen molar-refractivity contribution < 1.29 is 13.9 Å². The van der Waals surface area contributed by atoms with E-state index in [9.17, 15) is 13.9 Å². The molecule has 0 atom stereocenters. The summed E-state index contributed by atoms with van der Waals surface area (Å²) in [6.45, 7) is 1.70. The third-order valence-electron chi connectivity index (χ3n) is 3.63. The summed E-state index contributed by atoms with van der Waals surface area (Å²) in [4.78, 5) is 0. The Morgan fingerprint density at radius 3 is 2.47 bits per heavy atom. The molecule has 1 aliphatic rings. The Morgan fingerprint density at radius 2 is 1.84 bits per heavy atom. The Hall–Kier alpha value is -0.710. The van der Waals surface area contributed by atoms with Gasteiger partial charge < -0.3 is 10.4 Å². The molecule has 0 aliphatic carbocycles. The van der Waals surface area contributed by atoms with Gasteiger partial charge in [0.05, 0.1) is 5.60 Å². The molecule has 2 rings (SSSR count). The van der Waals surface area contributed by atoms with Crippen LogP contribution in [0.5, 0.6) is 0 Å². The van der Waals surface area contributed by atoms with Crippen molar-refractivity contribution >= 4 is 12.4 Å². The van der Waals surface area contributed by atoms with Gasteiger partial charge in [0, 0.05) is 0 Å². The molecule has 0 aromatic heterocycles. The minimum Gasteiger partial charge on any atom is -0.390 e. The predicted molar refractivity (Wildman–Crippen MR) is 73.6 cm³/mol. The number of nitrogens with one attached hydrogen (secondary N) is 1.